The molecule has 8 nitrogen and oxygen atoms in total. The molecule has 6 rings (SSSR count). The number of aliphatic hydroxyl groups is 2. The quantitative estimate of drug-likeness (QED) is 0.141. The lowest BCUT2D eigenvalue weighted by molar-refractivity contribution is -0.253. The van der Waals surface area contributed by atoms with Crippen LogP contribution in [-0.4, -0.2) is 53.6 Å². The number of likely N-dealkylation sites (tertiary alicyclic amines) is 1. The van der Waals surface area contributed by atoms with E-state index in [1.54, 1.807) is 0 Å². The molecule has 2 saturated heterocycles. The lowest BCUT2D eigenvalue weighted by Gasteiger charge is -2.42. The zero-order valence-electron chi connectivity index (χ0n) is 27.5. The van der Waals surface area contributed by atoms with Crippen molar-refractivity contribution in [3.63, 3.8) is 0 Å². The number of halogens is 1. The van der Waals surface area contributed by atoms with Crippen molar-refractivity contribution < 1.29 is 29.2 Å². The van der Waals surface area contributed by atoms with Crippen molar-refractivity contribution in [3.05, 3.63) is 143 Å². The van der Waals surface area contributed by atoms with Gasteiger partial charge >= 0.3 is 6.09 Å². The summed E-state index contributed by atoms with van der Waals surface area (Å²) in [6.45, 7) is 6.25. The second-order valence-corrected chi connectivity index (χ2v) is 13.1. The van der Waals surface area contributed by atoms with E-state index >= 15 is 0 Å². The van der Waals surface area contributed by atoms with E-state index in [0.717, 1.165) is 58.6 Å². The molecule has 3 N–H and O–H groups in total. The number of nitrogens with zero attached hydrogens (tertiary/aromatic N) is 1. The Morgan fingerprint density at radius 2 is 1.65 bits per heavy atom. The zero-order chi connectivity index (χ0) is 34.2. The first-order valence-electron chi connectivity index (χ1n) is 16.7. The molecule has 0 spiro atoms. The molecule has 256 valence electrons. The molecule has 2 fully saturated rings. The van der Waals surface area contributed by atoms with Crippen LogP contribution in [-0.2, 0) is 33.0 Å². The summed E-state index contributed by atoms with van der Waals surface area (Å²) in [4.78, 5) is 14.4. The fraction of sp³-hybridized carbons (Fsp3) is 0.325. The normalized spacial score (nSPS) is 20.8. The van der Waals surface area contributed by atoms with Crippen LogP contribution in [0, 0.1) is 0 Å². The Morgan fingerprint density at radius 1 is 0.959 bits per heavy atom. The summed E-state index contributed by atoms with van der Waals surface area (Å²) in [7, 11) is 0. The Kier molecular flexibility index (Phi) is 11.5. The van der Waals surface area contributed by atoms with Gasteiger partial charge in [-0.3, -0.25) is 0 Å². The summed E-state index contributed by atoms with van der Waals surface area (Å²) < 4.78 is 18.3. The molecule has 0 radical (unpaired) electrons. The van der Waals surface area contributed by atoms with E-state index in [0.29, 0.717) is 30.8 Å². The lowest BCUT2D eigenvalue weighted by Crippen LogP contribution is -2.46. The molecular weight excluding hydrogens is 640 g/mol. The SMILES string of the molecule is C=CCOC(=O)NCc1ccccc1-c1ccc([C@@H]2O[C@H](CN3CCC(O)(c4ccc(Cl)cc4)CC3)C[C@H](c3ccc(CO)cc3)O2)cc1. The number of amides is 1. The summed E-state index contributed by atoms with van der Waals surface area (Å²) in [5.41, 5.74) is 5.80. The van der Waals surface area contributed by atoms with Gasteiger partial charge in [-0.2, -0.15) is 0 Å². The van der Waals surface area contributed by atoms with Crippen molar-refractivity contribution in [2.75, 3.05) is 26.2 Å². The number of piperidine rings is 1. The summed E-state index contributed by atoms with van der Waals surface area (Å²) in [6.07, 6.45) is 2.10. The summed E-state index contributed by atoms with van der Waals surface area (Å²) in [6, 6.07) is 31.5. The van der Waals surface area contributed by atoms with E-state index in [2.05, 4.69) is 16.8 Å². The first-order chi connectivity index (χ1) is 23.8. The number of hydrogen-bond acceptors (Lipinski definition) is 7. The number of ether oxygens (including phenoxy) is 3. The van der Waals surface area contributed by atoms with Crippen molar-refractivity contribution in [2.24, 2.45) is 0 Å². The Balaban J connectivity index is 1.16. The van der Waals surface area contributed by atoms with Crippen molar-refractivity contribution in [2.45, 2.75) is 56.5 Å². The average molecular weight is 683 g/mol. The predicted octanol–water partition coefficient (Wildman–Crippen LogP) is 7.44. The third kappa shape index (κ3) is 8.78. The van der Waals surface area contributed by atoms with E-state index in [4.69, 9.17) is 25.8 Å². The highest BCUT2D eigenvalue weighted by Crippen LogP contribution is 2.40. The molecule has 0 aliphatic carbocycles. The van der Waals surface area contributed by atoms with Crippen molar-refractivity contribution in [1.29, 1.82) is 0 Å². The van der Waals surface area contributed by atoms with Gasteiger partial charge in [-0.05, 0) is 58.4 Å². The number of hydrogen-bond donors (Lipinski definition) is 3. The second-order valence-electron chi connectivity index (χ2n) is 12.7. The molecule has 0 bridgehead atoms. The molecule has 2 aliphatic rings. The van der Waals surface area contributed by atoms with E-state index in [1.165, 1.54) is 6.08 Å². The minimum absolute atomic E-state index is 0.0115. The molecule has 49 heavy (non-hydrogen) atoms. The fourth-order valence-electron chi connectivity index (χ4n) is 6.60. The summed E-state index contributed by atoms with van der Waals surface area (Å²) in [5.74, 6) is 0. The maximum Gasteiger partial charge on any atom is 0.407 e. The van der Waals surface area contributed by atoms with Gasteiger partial charge in [-0.25, -0.2) is 4.79 Å². The van der Waals surface area contributed by atoms with E-state index < -0.39 is 18.0 Å². The molecule has 4 aromatic carbocycles. The van der Waals surface area contributed by atoms with Gasteiger partial charge in [0.2, 0.25) is 0 Å². The number of carbonyl (C=O) groups excluding carboxylic acids is 1. The minimum Gasteiger partial charge on any atom is -0.445 e. The van der Waals surface area contributed by atoms with Crippen molar-refractivity contribution in [1.82, 2.24) is 10.2 Å². The van der Waals surface area contributed by atoms with Crippen LogP contribution in [0.1, 0.15) is 59.5 Å². The smallest absolute Gasteiger partial charge is 0.407 e. The number of aliphatic hydroxyl groups excluding tert-OH is 1. The van der Waals surface area contributed by atoms with E-state index in [-0.39, 0.29) is 25.4 Å². The molecule has 0 unspecified atom stereocenters. The first-order valence-corrected chi connectivity index (χ1v) is 17.1. The monoisotopic (exact) mass is 682 g/mol. The third-order valence-electron chi connectivity index (χ3n) is 9.41. The highest BCUT2D eigenvalue weighted by atomic mass is 35.5. The predicted molar refractivity (Wildman–Crippen MR) is 190 cm³/mol. The average Bonchev–Trinajstić information content (AvgIpc) is 3.14. The summed E-state index contributed by atoms with van der Waals surface area (Å²) >= 11 is 6.09. The van der Waals surface area contributed by atoms with Gasteiger partial charge in [-0.15, -0.1) is 0 Å². The zero-order valence-corrected chi connectivity index (χ0v) is 28.2. The molecule has 2 heterocycles. The highest BCUT2D eigenvalue weighted by Gasteiger charge is 2.37. The van der Waals surface area contributed by atoms with Crippen LogP contribution in [0.3, 0.4) is 0 Å². The number of alkyl carbamates (subject to hydrolysis) is 1. The lowest BCUT2D eigenvalue weighted by atomic mass is 9.84. The molecule has 3 atom stereocenters. The van der Waals surface area contributed by atoms with Crippen LogP contribution in [0.5, 0.6) is 0 Å². The summed E-state index contributed by atoms with van der Waals surface area (Å²) in [5, 5.41) is 24.5. The van der Waals surface area contributed by atoms with Crippen LogP contribution in [0.4, 0.5) is 4.79 Å². The number of benzene rings is 4. The van der Waals surface area contributed by atoms with Gasteiger partial charge in [0, 0.05) is 43.2 Å². The van der Waals surface area contributed by atoms with Crippen molar-refractivity contribution in [3.8, 4) is 11.1 Å². The first kappa shape index (κ1) is 34.8. The maximum atomic E-state index is 12.0. The van der Waals surface area contributed by atoms with Gasteiger partial charge in [-0.1, -0.05) is 109 Å². The van der Waals surface area contributed by atoms with E-state index in [1.807, 2.05) is 97.1 Å². The molecule has 0 aromatic heterocycles. The molecule has 1 amide bonds. The molecule has 4 aromatic rings. The van der Waals surface area contributed by atoms with Crippen LogP contribution in [0.25, 0.3) is 11.1 Å². The highest BCUT2D eigenvalue weighted by molar-refractivity contribution is 6.30. The molecular formula is C40H43ClN2O6. The van der Waals surface area contributed by atoms with Crippen LogP contribution in [0.2, 0.25) is 5.02 Å². The Labute approximate surface area is 292 Å². The number of rotatable bonds is 11. The number of carbonyl (C=O) groups is 1. The van der Waals surface area contributed by atoms with Gasteiger partial charge in [0.1, 0.15) is 6.61 Å². The standard InChI is InChI=1S/C40H43ClN2O6/c1-2-23-47-39(45)42-25-32-5-3-4-6-36(32)29-11-13-31(14-12-29)38-48-35(24-37(49-38)30-9-7-28(27-44)8-10-30)26-43-21-19-40(46,20-22-43)33-15-17-34(41)18-16-33/h2-18,35,37-38,44,46H,1,19-27H2,(H,42,45)/t35-,37+,38+/m0/s1. The largest absolute Gasteiger partial charge is 0.445 e. The van der Waals surface area contributed by atoms with Crippen molar-refractivity contribution >= 4 is 17.7 Å². The minimum atomic E-state index is -0.873. The third-order valence-corrected chi connectivity index (χ3v) is 9.66. The fourth-order valence-corrected chi connectivity index (χ4v) is 6.73. The Morgan fingerprint density at radius 3 is 2.35 bits per heavy atom. The van der Waals surface area contributed by atoms with Crippen LogP contribution >= 0.6 is 11.6 Å². The van der Waals surface area contributed by atoms with Gasteiger partial charge in [0.25, 0.3) is 0 Å². The second kappa shape index (κ2) is 16.1. The maximum absolute atomic E-state index is 12.0. The molecule has 0 saturated carbocycles. The van der Waals surface area contributed by atoms with Crippen LogP contribution in [0.15, 0.2) is 110 Å². The molecule has 2 aliphatic heterocycles. The van der Waals surface area contributed by atoms with Gasteiger partial charge in [0.05, 0.1) is 24.4 Å². The van der Waals surface area contributed by atoms with E-state index in [9.17, 15) is 15.0 Å². The van der Waals surface area contributed by atoms with Gasteiger partial charge in [0.15, 0.2) is 6.29 Å². The molecule has 9 heteroatoms. The Hall–Kier alpha value is -4.02. The Bertz CT molecular complexity index is 1690. The number of nitrogens with one attached hydrogen (secondary N) is 1. The van der Waals surface area contributed by atoms with Gasteiger partial charge < -0.3 is 34.6 Å². The van der Waals surface area contributed by atoms with Crippen LogP contribution < -0.4 is 5.32 Å². The topological polar surface area (TPSA) is 100 Å².